The first kappa shape index (κ1) is 12.3. The highest BCUT2D eigenvalue weighted by molar-refractivity contribution is 7.15. The van der Waals surface area contributed by atoms with E-state index in [1.54, 1.807) is 4.40 Å². The lowest BCUT2D eigenvalue weighted by Crippen LogP contribution is -2.22. The molecule has 0 fully saturated rings. The fraction of sp³-hybridized carbons (Fsp3) is 0.0588. The van der Waals surface area contributed by atoms with Gasteiger partial charge in [-0.1, -0.05) is 47.7 Å². The predicted molar refractivity (Wildman–Crippen MR) is 86.8 cm³/mol. The van der Waals surface area contributed by atoms with Crippen LogP contribution in [0.25, 0.3) is 22.1 Å². The number of rotatable bonds is 1. The molecule has 0 aliphatic heterocycles. The molecule has 0 amide bonds. The van der Waals surface area contributed by atoms with Crippen LogP contribution in [0.15, 0.2) is 53.3 Å². The van der Waals surface area contributed by atoms with Crippen LogP contribution in [0.3, 0.4) is 0 Å². The number of para-hydroxylation sites is 2. The molecule has 0 bridgehead atoms. The highest BCUT2D eigenvalue weighted by Gasteiger charge is 2.10. The average molecular weight is 292 g/mol. The third-order valence-electron chi connectivity index (χ3n) is 3.62. The van der Waals surface area contributed by atoms with Gasteiger partial charge in [0.15, 0.2) is 4.96 Å². The van der Waals surface area contributed by atoms with Crippen molar-refractivity contribution in [3.63, 3.8) is 0 Å². The molecule has 3 nitrogen and oxygen atoms in total. The number of hydrogen-bond acceptors (Lipinski definition) is 3. The number of nitrogens with zero attached hydrogens (tertiary/aromatic N) is 2. The maximum Gasteiger partial charge on any atom is 0.274 e. The summed E-state index contributed by atoms with van der Waals surface area (Å²) in [5.74, 6) is 0. The summed E-state index contributed by atoms with van der Waals surface area (Å²) in [6, 6.07) is 15.8. The van der Waals surface area contributed by atoms with E-state index in [1.165, 1.54) is 11.3 Å². The number of thiazole rings is 1. The quantitative estimate of drug-likeness (QED) is 0.540. The van der Waals surface area contributed by atoms with Crippen molar-refractivity contribution in [3.8, 4) is 0 Å². The Hall–Kier alpha value is -2.46. The van der Waals surface area contributed by atoms with Crippen molar-refractivity contribution < 1.29 is 0 Å². The standard InChI is InChI=1S/C17H12N2OS/c1-11-6-2-3-7-12(11)10-15-16(20)19-14-9-5-4-8-13(14)18-17(19)21-15/h2-10H,1H3/b15-10-. The van der Waals surface area contributed by atoms with Gasteiger partial charge in [-0.25, -0.2) is 9.38 Å². The zero-order valence-electron chi connectivity index (χ0n) is 11.4. The van der Waals surface area contributed by atoms with E-state index in [-0.39, 0.29) is 5.56 Å². The molecule has 4 rings (SSSR count). The van der Waals surface area contributed by atoms with E-state index in [4.69, 9.17) is 0 Å². The molecule has 0 saturated carbocycles. The largest absolute Gasteiger partial charge is 0.274 e. The molecule has 4 heteroatoms. The van der Waals surface area contributed by atoms with E-state index in [2.05, 4.69) is 4.98 Å². The molecule has 0 aliphatic rings. The van der Waals surface area contributed by atoms with E-state index in [0.29, 0.717) is 0 Å². The van der Waals surface area contributed by atoms with Gasteiger partial charge < -0.3 is 0 Å². The fourth-order valence-corrected chi connectivity index (χ4v) is 3.48. The van der Waals surface area contributed by atoms with Crippen LogP contribution in [0.2, 0.25) is 0 Å². The highest BCUT2D eigenvalue weighted by Crippen LogP contribution is 2.16. The summed E-state index contributed by atoms with van der Waals surface area (Å²) in [6.07, 6.45) is 1.95. The van der Waals surface area contributed by atoms with Crippen LogP contribution < -0.4 is 10.1 Å². The van der Waals surface area contributed by atoms with Gasteiger partial charge in [-0.2, -0.15) is 0 Å². The molecular weight excluding hydrogens is 280 g/mol. The highest BCUT2D eigenvalue weighted by atomic mass is 32.1. The number of benzene rings is 2. The second kappa shape index (κ2) is 4.53. The molecule has 102 valence electrons. The number of aryl methyl sites for hydroxylation is 1. The minimum absolute atomic E-state index is 0.00644. The Labute approximate surface area is 124 Å². The zero-order valence-corrected chi connectivity index (χ0v) is 12.2. The number of imidazole rings is 1. The third-order valence-corrected chi connectivity index (χ3v) is 4.59. The Kier molecular flexibility index (Phi) is 2.65. The minimum atomic E-state index is 0.00644. The summed E-state index contributed by atoms with van der Waals surface area (Å²) >= 11 is 1.44. The number of fused-ring (bicyclic) bond motifs is 3. The lowest BCUT2D eigenvalue weighted by molar-refractivity contribution is 1.19. The van der Waals surface area contributed by atoms with Crippen LogP contribution in [-0.4, -0.2) is 9.38 Å². The van der Waals surface area contributed by atoms with Gasteiger partial charge in [0, 0.05) is 0 Å². The molecule has 0 atom stereocenters. The first-order chi connectivity index (χ1) is 10.2. The monoisotopic (exact) mass is 292 g/mol. The van der Waals surface area contributed by atoms with Gasteiger partial charge in [-0.15, -0.1) is 0 Å². The molecule has 2 aromatic heterocycles. The van der Waals surface area contributed by atoms with Crippen LogP contribution in [0, 0.1) is 6.92 Å². The molecule has 0 radical (unpaired) electrons. The minimum Gasteiger partial charge on any atom is -0.267 e. The van der Waals surface area contributed by atoms with E-state index < -0.39 is 0 Å². The van der Waals surface area contributed by atoms with E-state index in [9.17, 15) is 4.79 Å². The summed E-state index contributed by atoms with van der Waals surface area (Å²) < 4.78 is 2.42. The van der Waals surface area contributed by atoms with E-state index >= 15 is 0 Å². The summed E-state index contributed by atoms with van der Waals surface area (Å²) in [5, 5.41) is 0. The van der Waals surface area contributed by atoms with Gasteiger partial charge >= 0.3 is 0 Å². The van der Waals surface area contributed by atoms with Crippen LogP contribution >= 0.6 is 11.3 Å². The van der Waals surface area contributed by atoms with Crippen molar-refractivity contribution in [2.45, 2.75) is 6.92 Å². The Morgan fingerprint density at radius 3 is 2.71 bits per heavy atom. The maximum absolute atomic E-state index is 12.6. The Morgan fingerprint density at radius 2 is 1.86 bits per heavy atom. The van der Waals surface area contributed by atoms with Crippen molar-refractivity contribution >= 4 is 33.4 Å². The summed E-state index contributed by atoms with van der Waals surface area (Å²) in [7, 11) is 0. The van der Waals surface area contributed by atoms with Gasteiger partial charge in [0.2, 0.25) is 0 Å². The Balaban J connectivity index is 2.06. The van der Waals surface area contributed by atoms with Crippen LogP contribution in [0.1, 0.15) is 11.1 Å². The van der Waals surface area contributed by atoms with Crippen molar-refractivity contribution in [1.82, 2.24) is 9.38 Å². The summed E-state index contributed by atoms with van der Waals surface area (Å²) in [4.78, 5) is 17.9. The lowest BCUT2D eigenvalue weighted by Gasteiger charge is -1.96. The molecular formula is C17H12N2OS. The summed E-state index contributed by atoms with van der Waals surface area (Å²) in [5.41, 5.74) is 3.98. The molecule has 0 unspecified atom stereocenters. The zero-order chi connectivity index (χ0) is 14.4. The number of aromatic nitrogens is 2. The topological polar surface area (TPSA) is 34.4 Å². The SMILES string of the molecule is Cc1ccccc1/C=c1\sc2nc3ccccc3n2c1=O. The Morgan fingerprint density at radius 1 is 1.10 bits per heavy atom. The fourth-order valence-electron chi connectivity index (χ4n) is 2.50. The second-order valence-corrected chi connectivity index (χ2v) is 6.00. The predicted octanol–water partition coefficient (Wildman–Crippen LogP) is 2.77. The molecule has 0 aliphatic carbocycles. The van der Waals surface area contributed by atoms with Gasteiger partial charge in [0.05, 0.1) is 15.6 Å². The number of hydrogen-bond donors (Lipinski definition) is 0. The molecule has 0 N–H and O–H groups in total. The van der Waals surface area contributed by atoms with Crippen LogP contribution in [-0.2, 0) is 0 Å². The molecule has 0 saturated heterocycles. The first-order valence-corrected chi connectivity index (χ1v) is 7.53. The van der Waals surface area contributed by atoms with Crippen molar-refractivity contribution in [3.05, 3.63) is 74.5 Å². The maximum atomic E-state index is 12.6. The molecule has 2 aromatic carbocycles. The average Bonchev–Trinajstić information content (AvgIpc) is 2.99. The normalized spacial score (nSPS) is 12.5. The lowest BCUT2D eigenvalue weighted by atomic mass is 10.1. The smallest absolute Gasteiger partial charge is 0.267 e. The van der Waals surface area contributed by atoms with E-state index in [1.807, 2.05) is 61.5 Å². The van der Waals surface area contributed by atoms with Crippen molar-refractivity contribution in [1.29, 1.82) is 0 Å². The van der Waals surface area contributed by atoms with E-state index in [0.717, 1.165) is 31.7 Å². The van der Waals surface area contributed by atoms with Gasteiger partial charge in [0.1, 0.15) is 0 Å². The first-order valence-electron chi connectivity index (χ1n) is 6.71. The van der Waals surface area contributed by atoms with Gasteiger partial charge in [0.25, 0.3) is 5.56 Å². The molecule has 0 spiro atoms. The molecule has 4 aromatic rings. The van der Waals surface area contributed by atoms with Crippen molar-refractivity contribution in [2.75, 3.05) is 0 Å². The van der Waals surface area contributed by atoms with Gasteiger partial charge in [-0.05, 0) is 36.3 Å². The Bertz CT molecular complexity index is 1080. The third kappa shape index (κ3) is 1.87. The van der Waals surface area contributed by atoms with Crippen LogP contribution in [0.4, 0.5) is 0 Å². The molecule has 21 heavy (non-hydrogen) atoms. The summed E-state index contributed by atoms with van der Waals surface area (Å²) in [6.45, 7) is 2.05. The second-order valence-electron chi connectivity index (χ2n) is 4.99. The van der Waals surface area contributed by atoms with Gasteiger partial charge in [-0.3, -0.25) is 4.79 Å². The van der Waals surface area contributed by atoms with Crippen LogP contribution in [0.5, 0.6) is 0 Å². The van der Waals surface area contributed by atoms with Crippen molar-refractivity contribution in [2.24, 2.45) is 0 Å². The molecule has 2 heterocycles.